The van der Waals surface area contributed by atoms with E-state index in [0.29, 0.717) is 0 Å². The molecule has 0 amide bonds. The van der Waals surface area contributed by atoms with E-state index in [0.717, 1.165) is 13.1 Å². The van der Waals surface area contributed by atoms with E-state index in [4.69, 9.17) is 5.73 Å². The maximum atomic E-state index is 5.44. The van der Waals surface area contributed by atoms with Gasteiger partial charge >= 0.3 is 0 Å². The van der Waals surface area contributed by atoms with Gasteiger partial charge in [0.15, 0.2) is 0 Å². The first-order valence-corrected chi connectivity index (χ1v) is 6.12. The highest BCUT2D eigenvalue weighted by Crippen LogP contribution is 2.06. The quantitative estimate of drug-likeness (QED) is 0.611. The van der Waals surface area contributed by atoms with Gasteiger partial charge in [0, 0.05) is 19.6 Å². The highest BCUT2D eigenvalue weighted by Gasteiger charge is 2.07. The first-order chi connectivity index (χ1) is 6.93. The summed E-state index contributed by atoms with van der Waals surface area (Å²) in [6.45, 7) is 4.47. The molecule has 1 aliphatic rings. The molecule has 3 nitrogen and oxygen atoms in total. The van der Waals surface area contributed by atoms with Crippen LogP contribution in [-0.4, -0.2) is 31.2 Å². The molecular formula is C11H25N3. The molecule has 0 radical (unpaired) electrons. The van der Waals surface area contributed by atoms with Gasteiger partial charge in [-0.15, -0.1) is 0 Å². The lowest BCUT2D eigenvalue weighted by Crippen LogP contribution is -2.42. The lowest BCUT2D eigenvalue weighted by atomic mass is 10.1. The van der Waals surface area contributed by atoms with E-state index in [9.17, 15) is 0 Å². The van der Waals surface area contributed by atoms with Gasteiger partial charge in [-0.05, 0) is 32.2 Å². The van der Waals surface area contributed by atoms with Crippen molar-refractivity contribution in [3.05, 3.63) is 0 Å². The second kappa shape index (κ2) is 8.21. The molecule has 14 heavy (non-hydrogen) atoms. The molecule has 0 aromatic carbocycles. The van der Waals surface area contributed by atoms with Gasteiger partial charge < -0.3 is 5.73 Å². The Labute approximate surface area is 88.0 Å². The third-order valence-corrected chi connectivity index (χ3v) is 2.82. The summed E-state index contributed by atoms with van der Waals surface area (Å²) in [7, 11) is 0. The van der Waals surface area contributed by atoms with Crippen LogP contribution in [0.2, 0.25) is 0 Å². The number of nitrogens with zero attached hydrogens (tertiary/aromatic N) is 1. The van der Waals surface area contributed by atoms with Crippen LogP contribution in [0.3, 0.4) is 0 Å². The summed E-state index contributed by atoms with van der Waals surface area (Å²) < 4.78 is 0. The zero-order valence-electron chi connectivity index (χ0n) is 9.30. The van der Waals surface area contributed by atoms with Crippen LogP contribution in [0.1, 0.15) is 44.9 Å². The van der Waals surface area contributed by atoms with E-state index in [2.05, 4.69) is 10.4 Å². The molecule has 0 atom stereocenters. The van der Waals surface area contributed by atoms with Crippen molar-refractivity contribution < 1.29 is 0 Å². The van der Waals surface area contributed by atoms with E-state index < -0.39 is 0 Å². The Balaban J connectivity index is 1.82. The number of hydrogen-bond donors (Lipinski definition) is 2. The molecule has 0 aliphatic carbocycles. The molecule has 1 heterocycles. The molecule has 1 fully saturated rings. The normalized spacial score (nSPS) is 18.6. The van der Waals surface area contributed by atoms with Crippen LogP contribution in [0.15, 0.2) is 0 Å². The number of piperidine rings is 1. The van der Waals surface area contributed by atoms with Crippen LogP contribution >= 0.6 is 0 Å². The highest BCUT2D eigenvalue weighted by molar-refractivity contribution is 4.60. The van der Waals surface area contributed by atoms with Crippen molar-refractivity contribution in [2.75, 3.05) is 26.2 Å². The van der Waals surface area contributed by atoms with E-state index in [1.807, 2.05) is 0 Å². The fourth-order valence-corrected chi connectivity index (χ4v) is 1.91. The summed E-state index contributed by atoms with van der Waals surface area (Å²) in [5.74, 6) is 0. The molecule has 1 rings (SSSR count). The van der Waals surface area contributed by atoms with Crippen molar-refractivity contribution in [1.29, 1.82) is 0 Å². The van der Waals surface area contributed by atoms with E-state index >= 15 is 0 Å². The SMILES string of the molecule is NCCCCCCNN1CCCCC1. The largest absolute Gasteiger partial charge is 0.330 e. The zero-order chi connectivity index (χ0) is 10.1. The van der Waals surface area contributed by atoms with E-state index in [-0.39, 0.29) is 0 Å². The molecule has 0 aromatic rings. The minimum Gasteiger partial charge on any atom is -0.330 e. The van der Waals surface area contributed by atoms with Crippen LogP contribution in [0.5, 0.6) is 0 Å². The number of rotatable bonds is 7. The van der Waals surface area contributed by atoms with Gasteiger partial charge in [0.1, 0.15) is 0 Å². The number of hydrazine groups is 1. The van der Waals surface area contributed by atoms with Crippen molar-refractivity contribution >= 4 is 0 Å². The summed E-state index contributed by atoms with van der Waals surface area (Å²) >= 11 is 0. The summed E-state index contributed by atoms with van der Waals surface area (Å²) in [6, 6.07) is 0. The van der Waals surface area contributed by atoms with Gasteiger partial charge in [-0.2, -0.15) is 0 Å². The summed E-state index contributed by atoms with van der Waals surface area (Å²) in [5.41, 5.74) is 8.94. The maximum Gasteiger partial charge on any atom is 0.0131 e. The Kier molecular flexibility index (Phi) is 7.01. The molecule has 0 unspecified atom stereocenters. The second-order valence-electron chi connectivity index (χ2n) is 4.16. The molecular weight excluding hydrogens is 174 g/mol. The van der Waals surface area contributed by atoms with Crippen LogP contribution in [0, 0.1) is 0 Å². The van der Waals surface area contributed by atoms with Crippen LogP contribution in [0.4, 0.5) is 0 Å². The molecule has 1 saturated heterocycles. The number of hydrogen-bond acceptors (Lipinski definition) is 3. The predicted octanol–water partition coefficient (Wildman–Crippen LogP) is 1.50. The molecule has 0 aromatic heterocycles. The third kappa shape index (κ3) is 5.58. The number of unbranched alkanes of at least 4 members (excludes halogenated alkanes) is 3. The summed E-state index contributed by atoms with van der Waals surface area (Å²) in [5, 5.41) is 2.38. The van der Waals surface area contributed by atoms with Crippen LogP contribution in [0.25, 0.3) is 0 Å². The van der Waals surface area contributed by atoms with Gasteiger partial charge in [-0.25, -0.2) is 5.01 Å². The number of nitrogens with one attached hydrogen (secondary N) is 1. The molecule has 0 saturated carbocycles. The Bertz CT molecular complexity index is 122. The second-order valence-corrected chi connectivity index (χ2v) is 4.16. The van der Waals surface area contributed by atoms with Crippen molar-refractivity contribution in [3.63, 3.8) is 0 Å². The summed E-state index contributed by atoms with van der Waals surface area (Å²) in [4.78, 5) is 0. The first-order valence-electron chi connectivity index (χ1n) is 6.12. The smallest absolute Gasteiger partial charge is 0.0131 e. The summed E-state index contributed by atoms with van der Waals surface area (Å²) in [6.07, 6.45) is 9.21. The van der Waals surface area contributed by atoms with Crippen LogP contribution < -0.4 is 11.2 Å². The highest BCUT2D eigenvalue weighted by atomic mass is 15.5. The average molecular weight is 199 g/mol. The van der Waals surface area contributed by atoms with E-state index in [1.165, 1.54) is 58.0 Å². The topological polar surface area (TPSA) is 41.3 Å². The van der Waals surface area contributed by atoms with Crippen molar-refractivity contribution in [2.24, 2.45) is 5.73 Å². The lowest BCUT2D eigenvalue weighted by molar-refractivity contribution is 0.153. The Morgan fingerprint density at radius 2 is 1.64 bits per heavy atom. The van der Waals surface area contributed by atoms with Gasteiger partial charge in [0.25, 0.3) is 0 Å². The van der Waals surface area contributed by atoms with Gasteiger partial charge in [0.05, 0.1) is 0 Å². The van der Waals surface area contributed by atoms with Crippen molar-refractivity contribution in [3.8, 4) is 0 Å². The van der Waals surface area contributed by atoms with Crippen molar-refractivity contribution in [1.82, 2.24) is 10.4 Å². The molecule has 3 N–H and O–H groups in total. The van der Waals surface area contributed by atoms with Gasteiger partial charge in [0.2, 0.25) is 0 Å². The van der Waals surface area contributed by atoms with Gasteiger partial charge in [-0.1, -0.05) is 19.3 Å². The standard InChI is InChI=1S/C11H25N3/c12-8-4-1-2-5-9-13-14-10-6-3-7-11-14/h13H,1-12H2. The Morgan fingerprint density at radius 3 is 2.36 bits per heavy atom. The minimum atomic E-state index is 0.847. The fraction of sp³-hybridized carbons (Fsp3) is 1.00. The van der Waals surface area contributed by atoms with Gasteiger partial charge in [-0.3, -0.25) is 5.43 Å². The maximum absolute atomic E-state index is 5.44. The molecule has 0 spiro atoms. The first kappa shape index (κ1) is 12.0. The molecule has 84 valence electrons. The Morgan fingerprint density at radius 1 is 0.929 bits per heavy atom. The van der Waals surface area contributed by atoms with E-state index in [1.54, 1.807) is 0 Å². The molecule has 0 bridgehead atoms. The lowest BCUT2D eigenvalue weighted by Gasteiger charge is -2.27. The monoisotopic (exact) mass is 199 g/mol. The predicted molar refractivity (Wildman–Crippen MR) is 60.9 cm³/mol. The molecule has 3 heteroatoms. The number of nitrogens with two attached hydrogens (primary N) is 1. The molecule has 1 aliphatic heterocycles. The zero-order valence-corrected chi connectivity index (χ0v) is 9.30. The third-order valence-electron chi connectivity index (χ3n) is 2.82. The van der Waals surface area contributed by atoms with Crippen molar-refractivity contribution in [2.45, 2.75) is 44.9 Å². The Hall–Kier alpha value is -0.120. The van der Waals surface area contributed by atoms with Crippen LogP contribution in [-0.2, 0) is 0 Å². The average Bonchev–Trinajstić information content (AvgIpc) is 2.25. The minimum absolute atomic E-state index is 0.847. The fourth-order valence-electron chi connectivity index (χ4n) is 1.91.